The molecule has 2 atom stereocenters. The summed E-state index contributed by atoms with van der Waals surface area (Å²) in [5.41, 5.74) is 0.309. The summed E-state index contributed by atoms with van der Waals surface area (Å²) in [5, 5.41) is 11.4. The van der Waals surface area contributed by atoms with E-state index in [0.29, 0.717) is 12.1 Å². The third-order valence-corrected chi connectivity index (χ3v) is 3.79. The number of benzene rings is 1. The van der Waals surface area contributed by atoms with Gasteiger partial charge in [0.1, 0.15) is 23.4 Å². The first-order valence-electron chi connectivity index (χ1n) is 8.60. The van der Waals surface area contributed by atoms with E-state index in [4.69, 9.17) is 9.84 Å². The zero-order chi connectivity index (χ0) is 21.4. The van der Waals surface area contributed by atoms with Crippen molar-refractivity contribution in [3.8, 4) is 5.75 Å². The van der Waals surface area contributed by atoms with Crippen molar-refractivity contribution in [2.45, 2.75) is 38.6 Å². The molecule has 0 radical (unpaired) electrons. The molecule has 1 amide bonds. The molecule has 0 aliphatic carbocycles. The standard InChI is InChI=1S/C12H14N2O4.C7H5F3O/c1-7-2-3-10(18-7)11(15)14-8-4-5-13-9(6-8)12(16)17;8-5-2-1-3-6(4-5)11-7(9)10/h4-7,10H,2-3H2,1H3,(H,16,17)(H,13,14,15);1-4,7H. The summed E-state index contributed by atoms with van der Waals surface area (Å²) < 4.78 is 44.7. The van der Waals surface area contributed by atoms with Gasteiger partial charge in [0.25, 0.3) is 5.91 Å². The van der Waals surface area contributed by atoms with Crippen LogP contribution in [0.2, 0.25) is 0 Å². The highest BCUT2D eigenvalue weighted by atomic mass is 19.3. The van der Waals surface area contributed by atoms with Crippen LogP contribution >= 0.6 is 0 Å². The van der Waals surface area contributed by atoms with E-state index in [1.54, 1.807) is 6.07 Å². The second kappa shape index (κ2) is 10.4. The van der Waals surface area contributed by atoms with Crippen LogP contribution in [0.3, 0.4) is 0 Å². The minimum Gasteiger partial charge on any atom is -0.477 e. The number of nitrogens with one attached hydrogen (secondary N) is 1. The Bertz CT molecular complexity index is 850. The van der Waals surface area contributed by atoms with Crippen molar-refractivity contribution in [1.82, 2.24) is 4.98 Å². The Morgan fingerprint density at radius 2 is 2.03 bits per heavy atom. The number of carbonyl (C=O) groups excluding carboxylic acids is 1. The average molecular weight is 412 g/mol. The molecule has 1 aromatic heterocycles. The monoisotopic (exact) mass is 412 g/mol. The van der Waals surface area contributed by atoms with Gasteiger partial charge in [0, 0.05) is 18.0 Å². The first-order chi connectivity index (χ1) is 13.7. The molecule has 3 rings (SSSR count). The Balaban J connectivity index is 0.000000234. The fourth-order valence-electron chi connectivity index (χ4n) is 2.49. The molecular weight excluding hydrogens is 393 g/mol. The predicted molar refractivity (Wildman–Crippen MR) is 96.4 cm³/mol. The van der Waals surface area contributed by atoms with Gasteiger partial charge in [0.15, 0.2) is 0 Å². The number of halogens is 3. The number of nitrogens with zero attached hydrogens (tertiary/aromatic N) is 1. The molecule has 0 bridgehead atoms. The molecule has 2 unspecified atom stereocenters. The van der Waals surface area contributed by atoms with Crippen LogP contribution in [0, 0.1) is 5.82 Å². The topological polar surface area (TPSA) is 97.8 Å². The van der Waals surface area contributed by atoms with Crippen LogP contribution in [0.25, 0.3) is 0 Å². The van der Waals surface area contributed by atoms with Gasteiger partial charge in [-0.15, -0.1) is 0 Å². The Morgan fingerprint density at radius 3 is 2.62 bits per heavy atom. The second-order valence-corrected chi connectivity index (χ2v) is 6.07. The highest BCUT2D eigenvalue weighted by molar-refractivity contribution is 5.95. The zero-order valence-electron chi connectivity index (χ0n) is 15.3. The number of ether oxygens (including phenoxy) is 2. The molecule has 1 aliphatic heterocycles. The van der Waals surface area contributed by atoms with Crippen molar-refractivity contribution in [1.29, 1.82) is 0 Å². The smallest absolute Gasteiger partial charge is 0.387 e. The van der Waals surface area contributed by atoms with E-state index >= 15 is 0 Å². The number of rotatable bonds is 5. The number of carbonyl (C=O) groups is 2. The maximum absolute atomic E-state index is 12.3. The zero-order valence-corrected chi connectivity index (χ0v) is 15.3. The Hall–Kier alpha value is -3.14. The van der Waals surface area contributed by atoms with Gasteiger partial charge in [-0.2, -0.15) is 8.78 Å². The summed E-state index contributed by atoms with van der Waals surface area (Å²) in [4.78, 5) is 26.2. The Labute approximate surface area is 164 Å². The first kappa shape index (κ1) is 22.2. The van der Waals surface area contributed by atoms with Crippen LogP contribution < -0.4 is 10.1 Å². The third kappa shape index (κ3) is 7.41. The number of alkyl halides is 2. The Morgan fingerprint density at radius 1 is 1.28 bits per heavy atom. The molecule has 156 valence electrons. The Kier molecular flexibility index (Phi) is 7.96. The molecule has 1 aliphatic rings. The number of hydrogen-bond donors (Lipinski definition) is 2. The van der Waals surface area contributed by atoms with Crippen LogP contribution in [0.5, 0.6) is 5.75 Å². The van der Waals surface area contributed by atoms with Gasteiger partial charge in [0.05, 0.1) is 6.10 Å². The molecule has 1 saturated heterocycles. The summed E-state index contributed by atoms with van der Waals surface area (Å²) in [5.74, 6) is -2.14. The van der Waals surface area contributed by atoms with E-state index in [2.05, 4.69) is 15.0 Å². The number of carboxylic acid groups (broad SMARTS) is 1. The molecule has 0 saturated carbocycles. The number of anilines is 1. The SMILES string of the molecule is CC1CCC(C(=O)Nc2ccnc(C(=O)O)c2)O1.Fc1cccc(OC(F)F)c1. The summed E-state index contributed by atoms with van der Waals surface area (Å²) in [6.07, 6.45) is 2.52. The number of amides is 1. The van der Waals surface area contributed by atoms with E-state index in [1.165, 1.54) is 24.4 Å². The van der Waals surface area contributed by atoms with E-state index in [0.717, 1.165) is 18.6 Å². The van der Waals surface area contributed by atoms with Crippen LogP contribution in [0.4, 0.5) is 18.9 Å². The number of hydrogen-bond acceptors (Lipinski definition) is 5. The summed E-state index contributed by atoms with van der Waals surface area (Å²) in [6.45, 7) is -0.987. The molecular formula is C19H19F3N2O5. The second-order valence-electron chi connectivity index (χ2n) is 6.07. The molecule has 2 N–H and O–H groups in total. The number of aromatic nitrogens is 1. The normalized spacial score (nSPS) is 18.0. The van der Waals surface area contributed by atoms with Gasteiger partial charge in [-0.05, 0) is 44.0 Å². The number of pyridine rings is 1. The van der Waals surface area contributed by atoms with Crippen molar-refractivity contribution in [2.75, 3.05) is 5.32 Å². The third-order valence-electron chi connectivity index (χ3n) is 3.79. The van der Waals surface area contributed by atoms with Crippen LogP contribution in [-0.2, 0) is 9.53 Å². The summed E-state index contributed by atoms with van der Waals surface area (Å²) >= 11 is 0. The summed E-state index contributed by atoms with van der Waals surface area (Å²) in [6, 6.07) is 7.47. The van der Waals surface area contributed by atoms with Gasteiger partial charge in [-0.3, -0.25) is 4.79 Å². The number of carboxylic acids is 1. The maximum Gasteiger partial charge on any atom is 0.387 e. The van der Waals surface area contributed by atoms with Crippen molar-refractivity contribution < 1.29 is 37.3 Å². The van der Waals surface area contributed by atoms with E-state index < -0.39 is 24.5 Å². The number of aromatic carboxylic acids is 1. The van der Waals surface area contributed by atoms with Gasteiger partial charge < -0.3 is 19.9 Å². The van der Waals surface area contributed by atoms with Crippen molar-refractivity contribution >= 4 is 17.6 Å². The van der Waals surface area contributed by atoms with Crippen molar-refractivity contribution in [3.63, 3.8) is 0 Å². The molecule has 29 heavy (non-hydrogen) atoms. The fourth-order valence-corrected chi connectivity index (χ4v) is 2.49. The highest BCUT2D eigenvalue weighted by Crippen LogP contribution is 2.20. The minimum atomic E-state index is -2.91. The summed E-state index contributed by atoms with van der Waals surface area (Å²) in [7, 11) is 0. The molecule has 10 heteroatoms. The first-order valence-corrected chi connectivity index (χ1v) is 8.60. The van der Waals surface area contributed by atoms with Crippen molar-refractivity contribution in [2.24, 2.45) is 0 Å². The van der Waals surface area contributed by atoms with Crippen LogP contribution in [0.1, 0.15) is 30.3 Å². The van der Waals surface area contributed by atoms with Gasteiger partial charge in [-0.1, -0.05) is 6.07 Å². The largest absolute Gasteiger partial charge is 0.477 e. The lowest BCUT2D eigenvalue weighted by Gasteiger charge is -2.11. The van der Waals surface area contributed by atoms with Gasteiger partial charge in [0.2, 0.25) is 0 Å². The van der Waals surface area contributed by atoms with E-state index in [1.807, 2.05) is 6.92 Å². The lowest BCUT2D eigenvalue weighted by molar-refractivity contribution is -0.126. The molecule has 1 fully saturated rings. The molecule has 2 aromatic rings. The van der Waals surface area contributed by atoms with Crippen molar-refractivity contribution in [3.05, 3.63) is 54.1 Å². The molecule has 0 spiro atoms. The maximum atomic E-state index is 12.3. The minimum absolute atomic E-state index is 0.0905. The highest BCUT2D eigenvalue weighted by Gasteiger charge is 2.28. The van der Waals surface area contributed by atoms with Gasteiger partial charge >= 0.3 is 12.6 Å². The average Bonchev–Trinajstić information content (AvgIpc) is 3.08. The van der Waals surface area contributed by atoms with E-state index in [9.17, 15) is 22.8 Å². The molecule has 1 aromatic carbocycles. The van der Waals surface area contributed by atoms with Crippen LogP contribution in [0.15, 0.2) is 42.6 Å². The van der Waals surface area contributed by atoms with Crippen LogP contribution in [-0.4, -0.2) is 40.8 Å². The predicted octanol–water partition coefficient (Wildman–Crippen LogP) is 3.71. The van der Waals surface area contributed by atoms with Gasteiger partial charge in [-0.25, -0.2) is 14.2 Å². The fraction of sp³-hybridized carbons (Fsp3) is 0.316. The lowest BCUT2D eigenvalue weighted by atomic mass is 10.2. The van der Waals surface area contributed by atoms with E-state index in [-0.39, 0.29) is 23.5 Å². The molecule has 7 nitrogen and oxygen atoms in total. The quantitative estimate of drug-likeness (QED) is 0.777. The lowest BCUT2D eigenvalue weighted by Crippen LogP contribution is -2.27. The molecule has 2 heterocycles.